The molecule has 0 amide bonds. The van der Waals surface area contributed by atoms with E-state index in [0.717, 1.165) is 19.5 Å². The minimum atomic E-state index is -2.79. The maximum Gasteiger partial charge on any atom is 0.151 e. The molecule has 5 heteroatoms. The Hall–Kier alpha value is -0.130. The van der Waals surface area contributed by atoms with Crippen LogP contribution in [0.1, 0.15) is 46.0 Å². The molecule has 2 aliphatic heterocycles. The molecule has 0 radical (unpaired) electrons. The van der Waals surface area contributed by atoms with E-state index in [1.807, 2.05) is 0 Å². The molecule has 4 nitrogen and oxygen atoms in total. The van der Waals surface area contributed by atoms with Gasteiger partial charge in [-0.1, -0.05) is 26.7 Å². The highest BCUT2D eigenvalue weighted by Crippen LogP contribution is 2.36. The van der Waals surface area contributed by atoms with Crippen LogP contribution < -0.4 is 5.32 Å². The highest BCUT2D eigenvalue weighted by molar-refractivity contribution is 7.91. The van der Waals surface area contributed by atoms with Gasteiger partial charge in [-0.15, -0.1) is 0 Å². The molecule has 2 heterocycles. The third-order valence-electron chi connectivity index (χ3n) is 5.61. The van der Waals surface area contributed by atoms with E-state index in [4.69, 9.17) is 0 Å². The lowest BCUT2D eigenvalue weighted by Crippen LogP contribution is -2.66. The van der Waals surface area contributed by atoms with Crippen LogP contribution in [0, 0.1) is 5.92 Å². The van der Waals surface area contributed by atoms with Gasteiger partial charge in [0, 0.05) is 30.7 Å². The maximum absolute atomic E-state index is 11.8. The van der Waals surface area contributed by atoms with Crippen LogP contribution in [-0.4, -0.2) is 55.5 Å². The molecule has 1 saturated carbocycles. The van der Waals surface area contributed by atoms with E-state index < -0.39 is 9.84 Å². The summed E-state index contributed by atoms with van der Waals surface area (Å²) < 4.78 is 23.7. The molecule has 1 spiro atoms. The Morgan fingerprint density at radius 1 is 1.25 bits per heavy atom. The molecule has 0 aromatic heterocycles. The van der Waals surface area contributed by atoms with E-state index in [0.29, 0.717) is 23.5 Å². The lowest BCUT2D eigenvalue weighted by molar-refractivity contribution is 0.0296. The summed E-state index contributed by atoms with van der Waals surface area (Å²) in [5.41, 5.74) is 0.276. The fraction of sp³-hybridized carbons (Fsp3) is 1.00. The lowest BCUT2D eigenvalue weighted by Gasteiger charge is -2.50. The smallest absolute Gasteiger partial charge is 0.151 e. The summed E-state index contributed by atoms with van der Waals surface area (Å²) in [7, 11) is -2.79. The second-order valence-electron chi connectivity index (χ2n) is 7.41. The number of hydrogen-bond acceptors (Lipinski definition) is 4. The molecule has 2 unspecified atom stereocenters. The standard InChI is InChI=1S/C15H28N2O2S/c1-12(2)14-9-16-15(6-3-4-7-15)11-17(14)13-5-8-20(18,19)10-13/h12-14,16H,3-11H2,1-2H3. The number of piperazine rings is 1. The van der Waals surface area contributed by atoms with Crippen molar-refractivity contribution in [1.82, 2.24) is 10.2 Å². The number of hydrogen-bond donors (Lipinski definition) is 1. The summed E-state index contributed by atoms with van der Waals surface area (Å²) in [6, 6.07) is 0.742. The number of nitrogens with zero attached hydrogens (tertiary/aromatic N) is 1. The lowest BCUT2D eigenvalue weighted by atomic mass is 9.87. The first-order valence-corrected chi connectivity index (χ1v) is 9.94. The van der Waals surface area contributed by atoms with E-state index in [-0.39, 0.29) is 11.6 Å². The van der Waals surface area contributed by atoms with Crippen molar-refractivity contribution in [2.45, 2.75) is 63.6 Å². The first kappa shape index (κ1) is 14.8. The molecular formula is C15H28N2O2S. The third kappa shape index (κ3) is 2.77. The van der Waals surface area contributed by atoms with E-state index in [1.54, 1.807) is 0 Å². The molecule has 1 aliphatic carbocycles. The molecule has 116 valence electrons. The van der Waals surface area contributed by atoms with Crippen molar-refractivity contribution >= 4 is 9.84 Å². The van der Waals surface area contributed by atoms with Crippen LogP contribution in [0.15, 0.2) is 0 Å². The van der Waals surface area contributed by atoms with Crippen molar-refractivity contribution < 1.29 is 8.42 Å². The van der Waals surface area contributed by atoms with Gasteiger partial charge in [-0.25, -0.2) is 8.42 Å². The highest BCUT2D eigenvalue weighted by Gasteiger charge is 2.45. The van der Waals surface area contributed by atoms with Gasteiger partial charge in [-0.05, 0) is 25.2 Å². The SMILES string of the molecule is CC(C)C1CNC2(CCCC2)CN1C1CCS(=O)(=O)C1. The van der Waals surface area contributed by atoms with E-state index in [2.05, 4.69) is 24.1 Å². The van der Waals surface area contributed by atoms with Gasteiger partial charge >= 0.3 is 0 Å². The summed E-state index contributed by atoms with van der Waals surface area (Å²) >= 11 is 0. The first-order chi connectivity index (χ1) is 9.41. The van der Waals surface area contributed by atoms with Crippen LogP contribution in [0.25, 0.3) is 0 Å². The van der Waals surface area contributed by atoms with Gasteiger partial charge in [-0.2, -0.15) is 0 Å². The average Bonchev–Trinajstić information content (AvgIpc) is 2.96. The van der Waals surface area contributed by atoms with E-state index in [9.17, 15) is 8.42 Å². The van der Waals surface area contributed by atoms with Gasteiger partial charge in [0.15, 0.2) is 9.84 Å². The minimum Gasteiger partial charge on any atom is -0.308 e. The van der Waals surface area contributed by atoms with Crippen LogP contribution in [-0.2, 0) is 9.84 Å². The summed E-state index contributed by atoms with van der Waals surface area (Å²) in [4.78, 5) is 2.55. The van der Waals surface area contributed by atoms with E-state index in [1.165, 1.54) is 25.7 Å². The van der Waals surface area contributed by atoms with Gasteiger partial charge in [0.1, 0.15) is 0 Å². The zero-order valence-corrected chi connectivity index (χ0v) is 13.6. The fourth-order valence-corrected chi connectivity index (χ4v) is 6.15. The van der Waals surface area contributed by atoms with Gasteiger partial charge < -0.3 is 5.32 Å². The summed E-state index contributed by atoms with van der Waals surface area (Å²) in [5, 5.41) is 3.81. The van der Waals surface area contributed by atoms with Crippen LogP contribution in [0.3, 0.4) is 0 Å². The van der Waals surface area contributed by atoms with Crippen LogP contribution >= 0.6 is 0 Å². The molecule has 0 aromatic rings. The second-order valence-corrected chi connectivity index (χ2v) is 9.64. The molecule has 3 fully saturated rings. The Morgan fingerprint density at radius 2 is 1.95 bits per heavy atom. The minimum absolute atomic E-state index is 0.256. The third-order valence-corrected chi connectivity index (χ3v) is 7.36. The van der Waals surface area contributed by atoms with Crippen LogP contribution in [0.4, 0.5) is 0 Å². The fourth-order valence-electron chi connectivity index (χ4n) is 4.40. The maximum atomic E-state index is 11.8. The van der Waals surface area contributed by atoms with Crippen molar-refractivity contribution in [3.63, 3.8) is 0 Å². The summed E-state index contributed by atoms with van der Waals surface area (Å²) in [5.74, 6) is 1.34. The van der Waals surface area contributed by atoms with Crippen molar-refractivity contribution in [2.75, 3.05) is 24.6 Å². The summed E-state index contributed by atoms with van der Waals surface area (Å²) in [6.45, 7) is 6.59. The Balaban J connectivity index is 1.79. The molecule has 3 aliphatic rings. The number of rotatable bonds is 2. The quantitative estimate of drug-likeness (QED) is 0.838. The summed E-state index contributed by atoms with van der Waals surface area (Å²) in [6.07, 6.45) is 5.98. The second kappa shape index (κ2) is 5.25. The molecule has 20 heavy (non-hydrogen) atoms. The van der Waals surface area contributed by atoms with Gasteiger partial charge in [0.2, 0.25) is 0 Å². The molecule has 3 rings (SSSR count). The predicted octanol–water partition coefficient (Wildman–Crippen LogP) is 1.42. The molecule has 0 bridgehead atoms. The molecule has 2 atom stereocenters. The average molecular weight is 300 g/mol. The Morgan fingerprint density at radius 3 is 2.50 bits per heavy atom. The van der Waals surface area contributed by atoms with E-state index >= 15 is 0 Å². The Labute approximate surface area is 123 Å². The molecule has 1 N–H and O–H groups in total. The zero-order chi connectivity index (χ0) is 14.4. The van der Waals surface area contributed by atoms with Crippen LogP contribution in [0.5, 0.6) is 0 Å². The first-order valence-electron chi connectivity index (χ1n) is 8.12. The Bertz CT molecular complexity index is 454. The van der Waals surface area contributed by atoms with Crippen molar-refractivity contribution in [1.29, 1.82) is 0 Å². The molecule has 0 aromatic carbocycles. The monoisotopic (exact) mass is 300 g/mol. The molecule has 2 saturated heterocycles. The zero-order valence-electron chi connectivity index (χ0n) is 12.8. The predicted molar refractivity (Wildman–Crippen MR) is 81.6 cm³/mol. The van der Waals surface area contributed by atoms with Crippen molar-refractivity contribution in [3.05, 3.63) is 0 Å². The normalized spacial score (nSPS) is 37.0. The molecular weight excluding hydrogens is 272 g/mol. The number of sulfone groups is 1. The van der Waals surface area contributed by atoms with Gasteiger partial charge in [0.05, 0.1) is 11.5 Å². The highest BCUT2D eigenvalue weighted by atomic mass is 32.2. The van der Waals surface area contributed by atoms with Crippen molar-refractivity contribution in [3.8, 4) is 0 Å². The van der Waals surface area contributed by atoms with Crippen LogP contribution in [0.2, 0.25) is 0 Å². The van der Waals surface area contributed by atoms with Crippen molar-refractivity contribution in [2.24, 2.45) is 5.92 Å². The number of nitrogens with one attached hydrogen (secondary N) is 1. The Kier molecular flexibility index (Phi) is 3.89. The van der Waals surface area contributed by atoms with Gasteiger partial charge in [0.25, 0.3) is 0 Å². The van der Waals surface area contributed by atoms with Gasteiger partial charge in [-0.3, -0.25) is 4.90 Å². The topological polar surface area (TPSA) is 49.4 Å². The largest absolute Gasteiger partial charge is 0.308 e.